The van der Waals surface area contributed by atoms with Gasteiger partial charge in [0.25, 0.3) is 0 Å². The van der Waals surface area contributed by atoms with Crippen LogP contribution in [0.15, 0.2) is 39.0 Å². The number of phenols is 1. The van der Waals surface area contributed by atoms with E-state index < -0.39 is 56.0 Å². The number of phenolic OH excluding ortho intramolecular Hbond substituents is 1. The average Bonchev–Trinajstić information content (AvgIpc) is 2.52. The standard InChI is InChI=1S/C12H14N2O8S3.Na/c1-13-23(16,17)8-3-7-4-9(24(18,19)14-2)6-11(25(20,21)22)12(7)10(15)5-8;/h3-6,13-15H,1-2H3,(H,20,21,22);/q;+1/p-1. The molecule has 138 valence electrons. The van der Waals surface area contributed by atoms with E-state index in [1.165, 1.54) is 0 Å². The maximum atomic E-state index is 11.9. The van der Waals surface area contributed by atoms with Crippen molar-refractivity contribution in [2.75, 3.05) is 14.1 Å². The van der Waals surface area contributed by atoms with Gasteiger partial charge in [0.2, 0.25) is 20.0 Å². The molecule has 14 heteroatoms. The van der Waals surface area contributed by atoms with Crippen LogP contribution in [0.25, 0.3) is 10.8 Å². The van der Waals surface area contributed by atoms with Gasteiger partial charge in [0, 0.05) is 11.5 Å². The van der Waals surface area contributed by atoms with E-state index in [0.717, 1.165) is 32.3 Å². The second-order valence-corrected chi connectivity index (χ2v) is 9.95. The largest absolute Gasteiger partial charge is 1.00 e. The van der Waals surface area contributed by atoms with E-state index in [4.69, 9.17) is 0 Å². The van der Waals surface area contributed by atoms with E-state index in [9.17, 15) is 34.9 Å². The predicted octanol–water partition coefficient (Wildman–Crippen LogP) is -3.73. The van der Waals surface area contributed by atoms with Crippen LogP contribution in [-0.4, -0.2) is 49.0 Å². The van der Waals surface area contributed by atoms with Crippen LogP contribution in [0.5, 0.6) is 5.75 Å². The first kappa shape index (κ1) is 23.3. The Morgan fingerprint density at radius 2 is 1.27 bits per heavy atom. The van der Waals surface area contributed by atoms with Crippen molar-refractivity contribution in [3.63, 3.8) is 0 Å². The zero-order chi connectivity index (χ0) is 19.2. The number of rotatable bonds is 5. The number of hydrogen-bond acceptors (Lipinski definition) is 8. The van der Waals surface area contributed by atoms with Gasteiger partial charge < -0.3 is 9.66 Å². The molecule has 0 aromatic heterocycles. The molecular formula is C12H13N2NaO8S3. The van der Waals surface area contributed by atoms with Gasteiger partial charge in [-0.3, -0.25) is 0 Å². The van der Waals surface area contributed by atoms with E-state index in [1.807, 2.05) is 9.44 Å². The van der Waals surface area contributed by atoms with Gasteiger partial charge in [0.1, 0.15) is 15.9 Å². The topological polar surface area (TPSA) is 170 Å². The van der Waals surface area contributed by atoms with E-state index in [2.05, 4.69) is 0 Å². The fraction of sp³-hybridized carbons (Fsp3) is 0.167. The number of aromatic hydroxyl groups is 1. The molecule has 2 aromatic rings. The molecule has 10 nitrogen and oxygen atoms in total. The average molecular weight is 432 g/mol. The van der Waals surface area contributed by atoms with Gasteiger partial charge in [0.15, 0.2) is 0 Å². The Morgan fingerprint density at radius 3 is 1.65 bits per heavy atom. The Hall–Kier alpha value is -0.770. The van der Waals surface area contributed by atoms with Crippen LogP contribution in [-0.2, 0) is 30.2 Å². The van der Waals surface area contributed by atoms with Gasteiger partial charge in [-0.1, -0.05) is 0 Å². The van der Waals surface area contributed by atoms with Gasteiger partial charge in [-0.05, 0) is 37.7 Å². The Morgan fingerprint density at radius 1 is 0.846 bits per heavy atom. The molecule has 0 saturated heterocycles. The third-order valence-electron chi connectivity index (χ3n) is 3.37. The fourth-order valence-corrected chi connectivity index (χ4v) is 4.54. The SMILES string of the molecule is CNS(=O)(=O)c1cc(O)c2c(S(=O)(=O)[O-])cc(S(=O)(=O)NC)cc2c1.[Na+]. The van der Waals surface area contributed by atoms with Crippen molar-refractivity contribution in [2.24, 2.45) is 0 Å². The summed E-state index contributed by atoms with van der Waals surface area (Å²) >= 11 is 0. The van der Waals surface area contributed by atoms with Gasteiger partial charge in [-0.25, -0.2) is 34.7 Å². The number of nitrogens with one attached hydrogen (secondary N) is 2. The van der Waals surface area contributed by atoms with Crippen LogP contribution in [0.3, 0.4) is 0 Å². The molecule has 0 aliphatic heterocycles. The van der Waals surface area contributed by atoms with E-state index >= 15 is 0 Å². The minimum Gasteiger partial charge on any atom is -0.744 e. The molecule has 26 heavy (non-hydrogen) atoms. The summed E-state index contributed by atoms with van der Waals surface area (Å²) in [5.41, 5.74) is 0. The molecule has 2 aromatic carbocycles. The quantitative estimate of drug-likeness (QED) is 0.320. The fourth-order valence-electron chi connectivity index (χ4n) is 2.14. The summed E-state index contributed by atoms with van der Waals surface area (Å²) in [6, 6.07) is 3.26. The van der Waals surface area contributed by atoms with Crippen LogP contribution in [0.2, 0.25) is 0 Å². The molecule has 0 radical (unpaired) electrons. The van der Waals surface area contributed by atoms with Crippen molar-refractivity contribution in [1.82, 2.24) is 9.44 Å². The second kappa shape index (κ2) is 7.69. The van der Waals surface area contributed by atoms with Gasteiger partial charge in [0.05, 0.1) is 14.7 Å². The normalized spacial score (nSPS) is 12.7. The molecule has 0 heterocycles. The molecular weight excluding hydrogens is 419 g/mol. The van der Waals surface area contributed by atoms with Crippen molar-refractivity contribution >= 4 is 40.9 Å². The monoisotopic (exact) mass is 432 g/mol. The molecule has 0 spiro atoms. The minimum atomic E-state index is -5.16. The van der Waals surface area contributed by atoms with Crippen LogP contribution in [0.4, 0.5) is 0 Å². The summed E-state index contributed by atoms with van der Waals surface area (Å²) < 4.78 is 86.1. The van der Waals surface area contributed by atoms with Crippen LogP contribution >= 0.6 is 0 Å². The van der Waals surface area contributed by atoms with Gasteiger partial charge >= 0.3 is 29.6 Å². The summed E-state index contributed by atoms with van der Waals surface area (Å²) in [6.45, 7) is 0. The first-order chi connectivity index (χ1) is 11.3. The summed E-state index contributed by atoms with van der Waals surface area (Å²) in [4.78, 5) is -1.99. The first-order valence-corrected chi connectivity index (χ1v) is 10.8. The summed E-state index contributed by atoms with van der Waals surface area (Å²) in [6.07, 6.45) is 0. The van der Waals surface area contributed by atoms with E-state index in [-0.39, 0.29) is 34.9 Å². The molecule has 0 unspecified atom stereocenters. The van der Waals surface area contributed by atoms with Crippen molar-refractivity contribution in [1.29, 1.82) is 0 Å². The molecule has 3 N–H and O–H groups in total. The predicted molar refractivity (Wildman–Crippen MR) is 86.1 cm³/mol. The van der Waals surface area contributed by atoms with Crippen molar-refractivity contribution in [3.05, 3.63) is 24.3 Å². The zero-order valence-corrected chi connectivity index (χ0v) is 18.3. The third kappa shape index (κ3) is 4.37. The van der Waals surface area contributed by atoms with Crippen LogP contribution in [0.1, 0.15) is 0 Å². The molecule has 0 amide bonds. The van der Waals surface area contributed by atoms with Gasteiger partial charge in [-0.15, -0.1) is 0 Å². The molecule has 0 aliphatic carbocycles. The zero-order valence-electron chi connectivity index (χ0n) is 13.8. The first-order valence-electron chi connectivity index (χ1n) is 6.47. The Balaban J connectivity index is 0.00000338. The van der Waals surface area contributed by atoms with Gasteiger partial charge in [-0.2, -0.15) is 0 Å². The molecule has 2 rings (SSSR count). The smallest absolute Gasteiger partial charge is 0.744 e. The molecule has 0 fully saturated rings. The molecule has 0 aliphatic rings. The number of benzene rings is 2. The number of fused-ring (bicyclic) bond motifs is 1. The molecule has 0 saturated carbocycles. The van der Waals surface area contributed by atoms with Crippen molar-refractivity contribution in [3.8, 4) is 5.75 Å². The summed E-state index contributed by atoms with van der Waals surface area (Å²) in [5, 5.41) is 9.32. The number of sulfonamides is 2. The minimum absolute atomic E-state index is 0. The Bertz CT molecular complexity index is 1170. The van der Waals surface area contributed by atoms with E-state index in [0.29, 0.717) is 6.07 Å². The molecule has 0 atom stereocenters. The summed E-state index contributed by atoms with van der Waals surface area (Å²) in [7, 11) is -11.1. The third-order valence-corrected chi connectivity index (χ3v) is 7.01. The van der Waals surface area contributed by atoms with Crippen LogP contribution in [0, 0.1) is 0 Å². The van der Waals surface area contributed by atoms with Crippen molar-refractivity contribution in [2.45, 2.75) is 14.7 Å². The van der Waals surface area contributed by atoms with Crippen molar-refractivity contribution < 1.29 is 64.5 Å². The Labute approximate surface area is 172 Å². The maximum Gasteiger partial charge on any atom is 1.00 e. The maximum absolute atomic E-state index is 11.9. The van der Waals surface area contributed by atoms with E-state index in [1.54, 1.807) is 0 Å². The second-order valence-electron chi connectivity index (χ2n) is 4.83. The number of hydrogen-bond donors (Lipinski definition) is 3. The molecule has 0 bridgehead atoms. The summed E-state index contributed by atoms with van der Waals surface area (Å²) in [5.74, 6) is -0.797. The van der Waals surface area contributed by atoms with Crippen LogP contribution < -0.4 is 39.0 Å². The Kier molecular flexibility index (Phi) is 6.88.